The van der Waals surface area contributed by atoms with Gasteiger partial charge in [-0.1, -0.05) is 11.8 Å². The number of amides is 2. The van der Waals surface area contributed by atoms with Gasteiger partial charge in [0.25, 0.3) is 5.91 Å². The normalized spacial score (nSPS) is 14.1. The minimum Gasteiger partial charge on any atom is -0.496 e. The summed E-state index contributed by atoms with van der Waals surface area (Å²) >= 11 is 1.36. The standard InChI is InChI=1S/C25H28FN5O3S/c1-29-10-9-27-25(29)35-17-23(32)28-21-6-3-18(4-7-21)24(33)31-13-11-30(12-14-31)16-19-15-20(26)5-8-22(19)34-2/h3-10,15H,11-14,16-17H2,1-2H3,(H,28,32). The van der Waals surface area contributed by atoms with E-state index in [2.05, 4.69) is 15.2 Å². The second-order valence-electron chi connectivity index (χ2n) is 8.26. The number of piperazine rings is 1. The zero-order chi connectivity index (χ0) is 24.8. The minimum absolute atomic E-state index is 0.0452. The van der Waals surface area contributed by atoms with Crippen LogP contribution in [-0.2, 0) is 18.4 Å². The van der Waals surface area contributed by atoms with Crippen LogP contribution < -0.4 is 10.1 Å². The van der Waals surface area contributed by atoms with E-state index in [1.165, 1.54) is 23.9 Å². The number of halogens is 1. The first-order valence-corrected chi connectivity index (χ1v) is 12.3. The van der Waals surface area contributed by atoms with Gasteiger partial charge in [0.15, 0.2) is 5.16 Å². The number of thioether (sulfide) groups is 1. The van der Waals surface area contributed by atoms with Gasteiger partial charge in [0, 0.05) is 69.0 Å². The average Bonchev–Trinajstić information content (AvgIpc) is 3.28. The first-order valence-electron chi connectivity index (χ1n) is 11.3. The van der Waals surface area contributed by atoms with E-state index in [4.69, 9.17) is 4.74 Å². The van der Waals surface area contributed by atoms with Crippen molar-refractivity contribution in [3.8, 4) is 5.75 Å². The van der Waals surface area contributed by atoms with Crippen molar-refractivity contribution in [3.05, 3.63) is 71.8 Å². The quantitative estimate of drug-likeness (QED) is 0.482. The zero-order valence-corrected chi connectivity index (χ0v) is 20.6. The summed E-state index contributed by atoms with van der Waals surface area (Å²) in [5, 5.41) is 3.62. The average molecular weight is 498 g/mol. The molecule has 1 fully saturated rings. The Morgan fingerprint density at radius 1 is 1.11 bits per heavy atom. The molecule has 1 aromatic heterocycles. The molecule has 1 saturated heterocycles. The van der Waals surface area contributed by atoms with Gasteiger partial charge in [0.2, 0.25) is 5.91 Å². The fourth-order valence-corrected chi connectivity index (χ4v) is 4.65. The third-order valence-electron chi connectivity index (χ3n) is 5.82. The van der Waals surface area contributed by atoms with E-state index in [-0.39, 0.29) is 23.4 Å². The van der Waals surface area contributed by atoms with Gasteiger partial charge in [-0.05, 0) is 42.5 Å². The third kappa shape index (κ3) is 6.40. The molecule has 4 rings (SSSR count). The number of nitrogens with zero attached hydrogens (tertiary/aromatic N) is 4. The van der Waals surface area contributed by atoms with Crippen LogP contribution >= 0.6 is 11.8 Å². The fourth-order valence-electron chi connectivity index (χ4n) is 3.92. The number of nitrogens with one attached hydrogen (secondary N) is 1. The Labute approximate surface area is 208 Å². The lowest BCUT2D eigenvalue weighted by atomic mass is 10.1. The van der Waals surface area contributed by atoms with E-state index in [0.717, 1.165) is 10.7 Å². The van der Waals surface area contributed by atoms with Gasteiger partial charge >= 0.3 is 0 Å². The Morgan fingerprint density at radius 2 is 1.86 bits per heavy atom. The number of ether oxygens (including phenoxy) is 1. The topological polar surface area (TPSA) is 79.7 Å². The summed E-state index contributed by atoms with van der Waals surface area (Å²) < 4.78 is 20.8. The molecule has 2 heterocycles. The van der Waals surface area contributed by atoms with Gasteiger partial charge in [-0.25, -0.2) is 9.37 Å². The molecule has 2 aromatic carbocycles. The van der Waals surface area contributed by atoms with Crippen LogP contribution in [-0.4, -0.2) is 70.2 Å². The molecule has 2 amide bonds. The number of rotatable bonds is 8. The molecule has 1 aliphatic heterocycles. The number of hydrogen-bond donors (Lipinski definition) is 1. The van der Waals surface area contributed by atoms with E-state index < -0.39 is 0 Å². The van der Waals surface area contributed by atoms with Crippen LogP contribution in [0.5, 0.6) is 5.75 Å². The summed E-state index contributed by atoms with van der Waals surface area (Å²) in [5.74, 6) is 0.435. The highest BCUT2D eigenvalue weighted by Crippen LogP contribution is 2.22. The number of benzene rings is 2. The van der Waals surface area contributed by atoms with Gasteiger partial charge < -0.3 is 19.5 Å². The van der Waals surface area contributed by atoms with Gasteiger partial charge in [0.1, 0.15) is 11.6 Å². The third-order valence-corrected chi connectivity index (χ3v) is 6.88. The number of anilines is 1. The number of hydrogen-bond acceptors (Lipinski definition) is 6. The van der Waals surface area contributed by atoms with Gasteiger partial charge in [-0.2, -0.15) is 0 Å². The first-order chi connectivity index (χ1) is 16.9. The summed E-state index contributed by atoms with van der Waals surface area (Å²) in [7, 11) is 3.45. The predicted molar refractivity (Wildman–Crippen MR) is 133 cm³/mol. The fraction of sp³-hybridized carbons (Fsp3) is 0.320. The number of carbonyl (C=O) groups is 2. The van der Waals surface area contributed by atoms with Crippen molar-refractivity contribution in [1.29, 1.82) is 0 Å². The molecule has 35 heavy (non-hydrogen) atoms. The number of aryl methyl sites for hydroxylation is 1. The monoisotopic (exact) mass is 497 g/mol. The molecule has 184 valence electrons. The highest BCUT2D eigenvalue weighted by atomic mass is 32.2. The van der Waals surface area contributed by atoms with Crippen LogP contribution in [0.3, 0.4) is 0 Å². The number of imidazole rings is 1. The SMILES string of the molecule is COc1ccc(F)cc1CN1CCN(C(=O)c2ccc(NC(=O)CSc3nccn3C)cc2)CC1. The molecule has 0 saturated carbocycles. The van der Waals surface area contributed by atoms with Gasteiger partial charge in [0.05, 0.1) is 12.9 Å². The van der Waals surface area contributed by atoms with Crippen molar-refractivity contribution < 1.29 is 18.7 Å². The maximum atomic E-state index is 13.6. The molecular weight excluding hydrogens is 469 g/mol. The number of carbonyl (C=O) groups excluding carboxylic acids is 2. The molecule has 1 N–H and O–H groups in total. The van der Waals surface area contributed by atoms with Crippen molar-refractivity contribution in [2.75, 3.05) is 44.4 Å². The first kappa shape index (κ1) is 24.7. The number of aromatic nitrogens is 2. The highest BCUT2D eigenvalue weighted by molar-refractivity contribution is 7.99. The van der Waals surface area contributed by atoms with Crippen LogP contribution in [0.4, 0.5) is 10.1 Å². The molecule has 10 heteroatoms. The van der Waals surface area contributed by atoms with Gasteiger partial charge in [-0.15, -0.1) is 0 Å². The second-order valence-corrected chi connectivity index (χ2v) is 9.20. The summed E-state index contributed by atoms with van der Waals surface area (Å²) in [5.41, 5.74) is 2.01. The van der Waals surface area contributed by atoms with E-state index >= 15 is 0 Å². The number of methoxy groups -OCH3 is 1. The van der Waals surface area contributed by atoms with E-state index in [1.54, 1.807) is 43.6 Å². The Morgan fingerprint density at radius 3 is 2.51 bits per heavy atom. The summed E-state index contributed by atoms with van der Waals surface area (Å²) in [6.45, 7) is 3.11. The molecular formula is C25H28FN5O3S. The van der Waals surface area contributed by atoms with Crippen LogP contribution in [0, 0.1) is 5.82 Å². The highest BCUT2D eigenvalue weighted by Gasteiger charge is 2.23. The lowest BCUT2D eigenvalue weighted by Gasteiger charge is -2.35. The van der Waals surface area contributed by atoms with Crippen LogP contribution in [0.15, 0.2) is 60.0 Å². The van der Waals surface area contributed by atoms with E-state index in [0.29, 0.717) is 49.7 Å². The Hall–Kier alpha value is -3.37. The van der Waals surface area contributed by atoms with E-state index in [1.807, 2.05) is 22.7 Å². The van der Waals surface area contributed by atoms with Crippen molar-refractivity contribution in [1.82, 2.24) is 19.4 Å². The smallest absolute Gasteiger partial charge is 0.253 e. The Balaban J connectivity index is 1.26. The summed E-state index contributed by atoms with van der Waals surface area (Å²) in [6.07, 6.45) is 3.52. The van der Waals surface area contributed by atoms with Crippen LogP contribution in [0.25, 0.3) is 0 Å². The maximum Gasteiger partial charge on any atom is 0.253 e. The molecule has 0 atom stereocenters. The minimum atomic E-state index is -0.291. The van der Waals surface area contributed by atoms with Crippen molar-refractivity contribution in [3.63, 3.8) is 0 Å². The molecule has 8 nitrogen and oxygen atoms in total. The van der Waals surface area contributed by atoms with Crippen LogP contribution in [0.1, 0.15) is 15.9 Å². The predicted octanol–water partition coefficient (Wildman–Crippen LogP) is 3.26. The molecule has 0 aliphatic carbocycles. The summed E-state index contributed by atoms with van der Waals surface area (Å²) in [6, 6.07) is 11.5. The van der Waals surface area contributed by atoms with E-state index in [9.17, 15) is 14.0 Å². The molecule has 3 aromatic rings. The molecule has 0 radical (unpaired) electrons. The van der Waals surface area contributed by atoms with Crippen molar-refractivity contribution >= 4 is 29.3 Å². The lowest BCUT2D eigenvalue weighted by molar-refractivity contribution is -0.113. The molecule has 1 aliphatic rings. The van der Waals surface area contributed by atoms with Crippen molar-refractivity contribution in [2.45, 2.75) is 11.7 Å². The molecule has 0 spiro atoms. The molecule has 0 unspecified atom stereocenters. The molecule has 0 bridgehead atoms. The Kier molecular flexibility index (Phi) is 8.04. The van der Waals surface area contributed by atoms with Crippen molar-refractivity contribution in [2.24, 2.45) is 7.05 Å². The largest absolute Gasteiger partial charge is 0.496 e. The Bertz CT molecular complexity index is 1180. The van der Waals surface area contributed by atoms with Crippen LogP contribution in [0.2, 0.25) is 0 Å². The summed E-state index contributed by atoms with van der Waals surface area (Å²) in [4.78, 5) is 33.4. The second kappa shape index (κ2) is 11.4. The lowest BCUT2D eigenvalue weighted by Crippen LogP contribution is -2.48. The maximum absolute atomic E-state index is 13.6. The van der Waals surface area contributed by atoms with Gasteiger partial charge in [-0.3, -0.25) is 14.5 Å². The zero-order valence-electron chi connectivity index (χ0n) is 19.7.